The number of benzene rings is 1. The Morgan fingerprint density at radius 1 is 1.52 bits per heavy atom. The van der Waals surface area contributed by atoms with Crippen molar-refractivity contribution in [1.82, 2.24) is 0 Å². The summed E-state index contributed by atoms with van der Waals surface area (Å²) in [6.45, 7) is 0. The zero-order valence-corrected chi connectivity index (χ0v) is 18.3. The third-order valence-corrected chi connectivity index (χ3v) is 5.13. The van der Waals surface area contributed by atoms with E-state index in [0.29, 0.717) is 11.4 Å². The van der Waals surface area contributed by atoms with Crippen molar-refractivity contribution in [3.8, 4) is 5.75 Å². The molecule has 0 atom stereocenters. The number of nitrogens with zero attached hydrogens (tertiary/aromatic N) is 2. The Balaban J connectivity index is 0.00000338. The minimum Gasteiger partial charge on any atom is -0.358 e. The molecule has 1 aliphatic rings. The van der Waals surface area contributed by atoms with Crippen LogP contribution in [-0.2, 0) is 4.79 Å². The second kappa shape index (κ2) is 12.1. The van der Waals surface area contributed by atoms with Gasteiger partial charge < -0.3 is 7.43 Å². The molecule has 1 aromatic rings. The molecule has 0 bridgehead atoms. The predicted octanol–water partition coefficient (Wildman–Crippen LogP) is -2.27. The van der Waals surface area contributed by atoms with Gasteiger partial charge >= 0.3 is 180 Å². The molecule has 0 radical (unpaired) electrons. The molecule has 11 heteroatoms. The average molecular weight is 543 g/mol. The van der Waals surface area contributed by atoms with Gasteiger partial charge in [-0.1, -0.05) is 0 Å². The fourth-order valence-corrected chi connectivity index (χ4v) is 3.47. The number of hydrogen-bond donors (Lipinski definition) is 1. The SMILES string of the molecule is COc1cc(F)c([N+](=O)[O-])cc1NC1=C[I-]C=C(/C=C(/Br)[C-]=O)[C-]=N1.[CH3-].[Li+]. The first-order valence-electron chi connectivity index (χ1n) is 6.48. The van der Waals surface area contributed by atoms with E-state index in [0.717, 1.165) is 12.1 Å². The van der Waals surface area contributed by atoms with Gasteiger partial charge in [0, 0.05) is 0 Å². The molecule has 0 fully saturated rings. The zero-order chi connectivity index (χ0) is 18.4. The van der Waals surface area contributed by atoms with Gasteiger partial charge in [-0.3, -0.25) is 0 Å². The molecule has 1 aromatic carbocycles. The van der Waals surface area contributed by atoms with Gasteiger partial charge in [0.1, 0.15) is 0 Å². The second-order valence-corrected chi connectivity index (χ2v) is 7.21. The van der Waals surface area contributed by atoms with Gasteiger partial charge in [-0.05, 0) is 0 Å². The van der Waals surface area contributed by atoms with E-state index >= 15 is 0 Å². The Hall–Kier alpha value is -1.48. The number of anilines is 1. The van der Waals surface area contributed by atoms with Crippen molar-refractivity contribution < 1.29 is 58.9 Å². The quantitative estimate of drug-likeness (QED) is 0.109. The fourth-order valence-electron chi connectivity index (χ4n) is 1.71. The van der Waals surface area contributed by atoms with Crippen molar-refractivity contribution >= 4 is 39.8 Å². The van der Waals surface area contributed by atoms with Crippen molar-refractivity contribution in [2.75, 3.05) is 12.4 Å². The van der Waals surface area contributed by atoms with Gasteiger partial charge in [0.2, 0.25) is 0 Å². The number of methoxy groups -OCH3 is 1. The van der Waals surface area contributed by atoms with Crippen molar-refractivity contribution in [3.63, 3.8) is 0 Å². The molecule has 2 rings (SSSR count). The van der Waals surface area contributed by atoms with Gasteiger partial charge in [0.05, 0.1) is 0 Å². The largest absolute Gasteiger partial charge is 1.00 e. The molecule has 0 aromatic heterocycles. The standard InChI is InChI=1S/C15H9BrFIN3O4.CH3.Li/c1-25-14-3-11(17)13(21(23)24)4-12(14)20-15-6-18-5-9(7-19-15)2-10(16)8-22;;/h2-6,20H,1H3;1H3;/q-3;-1;+1/b10-2+;;. The molecule has 1 N–H and O–H groups in total. The van der Waals surface area contributed by atoms with Gasteiger partial charge in [-0.2, -0.15) is 0 Å². The fraction of sp³-hybridized carbons (Fsp3) is 0.0625. The van der Waals surface area contributed by atoms with Gasteiger partial charge in [0.25, 0.3) is 0 Å². The van der Waals surface area contributed by atoms with Crippen LogP contribution in [0.2, 0.25) is 0 Å². The van der Waals surface area contributed by atoms with E-state index in [2.05, 4.69) is 32.5 Å². The van der Waals surface area contributed by atoms with E-state index in [1.807, 2.05) is 4.08 Å². The summed E-state index contributed by atoms with van der Waals surface area (Å²) in [6, 6.07) is 1.98. The number of nitrogens with one attached hydrogen (secondary N) is 1. The van der Waals surface area contributed by atoms with E-state index in [-0.39, 0.29) is 42.2 Å². The summed E-state index contributed by atoms with van der Waals surface area (Å²) in [5.74, 6) is -0.500. The summed E-state index contributed by atoms with van der Waals surface area (Å²) in [6.07, 6.45) is 5.97. The Labute approximate surface area is 186 Å². The number of rotatable bonds is 6. The summed E-state index contributed by atoms with van der Waals surface area (Å²) in [5, 5.41) is 13.8. The Morgan fingerprint density at radius 3 is 2.81 bits per heavy atom. The Kier molecular flexibility index (Phi) is 11.4. The zero-order valence-electron chi connectivity index (χ0n) is 14.5. The topological polar surface area (TPSA) is 93.8 Å². The van der Waals surface area contributed by atoms with Crippen LogP contribution in [0, 0.1) is 23.4 Å². The summed E-state index contributed by atoms with van der Waals surface area (Å²) >= 11 is 2.48. The van der Waals surface area contributed by atoms with Gasteiger partial charge in [-0.25, -0.2) is 0 Å². The maximum Gasteiger partial charge on any atom is 1.00 e. The van der Waals surface area contributed by atoms with Crippen LogP contribution < -0.4 is 50.1 Å². The number of allylic oxidation sites excluding steroid dienone is 3. The number of carbonyl (C=O) groups excluding carboxylic acids is 1. The molecular weight excluding hydrogens is 531 g/mol. The van der Waals surface area contributed by atoms with Crippen LogP contribution in [0.5, 0.6) is 5.75 Å². The van der Waals surface area contributed by atoms with Crippen LogP contribution in [0.1, 0.15) is 0 Å². The van der Waals surface area contributed by atoms with E-state index in [1.54, 1.807) is 10.4 Å². The number of ether oxygens (including phenoxy) is 1. The van der Waals surface area contributed by atoms with Gasteiger partial charge in [-0.15, -0.1) is 0 Å². The first-order chi connectivity index (χ1) is 11.9. The van der Waals surface area contributed by atoms with Crippen molar-refractivity contribution in [1.29, 1.82) is 0 Å². The van der Waals surface area contributed by atoms with E-state index in [1.165, 1.54) is 13.2 Å². The molecule has 27 heavy (non-hydrogen) atoms. The first kappa shape index (κ1) is 25.5. The number of hydrogen-bond acceptors (Lipinski definition) is 6. The summed E-state index contributed by atoms with van der Waals surface area (Å²) in [4.78, 5) is 24.7. The molecule has 140 valence electrons. The van der Waals surface area contributed by atoms with E-state index < -0.39 is 37.6 Å². The van der Waals surface area contributed by atoms with Crippen LogP contribution in [0.15, 0.2) is 47.2 Å². The number of nitro groups is 1. The van der Waals surface area contributed by atoms with Crippen LogP contribution in [0.25, 0.3) is 0 Å². The predicted molar refractivity (Wildman–Crippen MR) is 95.9 cm³/mol. The van der Waals surface area contributed by atoms with Crippen molar-refractivity contribution in [2.45, 2.75) is 0 Å². The third-order valence-electron chi connectivity index (χ3n) is 2.76. The Bertz CT molecular complexity index is 843. The van der Waals surface area contributed by atoms with Crippen molar-refractivity contribution in [2.24, 2.45) is 4.99 Å². The summed E-state index contributed by atoms with van der Waals surface area (Å²) in [5.41, 5.74) is 0.137. The molecule has 1 aliphatic heterocycles. The maximum atomic E-state index is 13.7. The molecule has 7 nitrogen and oxygen atoms in total. The molecular formula is C16H12BrFILiN3O4-3. The molecule has 1 heterocycles. The molecule has 0 unspecified atom stereocenters. The number of aliphatic imine (C=N–C) groups is 1. The van der Waals surface area contributed by atoms with Crippen LogP contribution in [-0.4, -0.2) is 24.5 Å². The van der Waals surface area contributed by atoms with Crippen LogP contribution >= 0.6 is 15.9 Å². The average Bonchev–Trinajstić information content (AvgIpc) is 2.80. The smallest absolute Gasteiger partial charge is 0.358 e. The minimum atomic E-state index is -0.992. The summed E-state index contributed by atoms with van der Waals surface area (Å²) < 4.78 is 22.6. The number of halogens is 3. The molecule has 0 saturated heterocycles. The summed E-state index contributed by atoms with van der Waals surface area (Å²) in [7, 11) is 1.33. The first-order valence-corrected chi connectivity index (χ1v) is 9.76. The van der Waals surface area contributed by atoms with Crippen LogP contribution in [0.4, 0.5) is 15.8 Å². The monoisotopic (exact) mass is 542 g/mol. The third kappa shape index (κ3) is 7.21. The van der Waals surface area contributed by atoms with Crippen LogP contribution in [0.3, 0.4) is 0 Å². The minimum absolute atomic E-state index is 0. The van der Waals surface area contributed by atoms with E-state index in [9.17, 15) is 19.3 Å². The molecule has 0 saturated carbocycles. The second-order valence-electron chi connectivity index (χ2n) is 4.39. The van der Waals surface area contributed by atoms with E-state index in [4.69, 9.17) is 4.74 Å². The Morgan fingerprint density at radius 2 is 2.22 bits per heavy atom. The van der Waals surface area contributed by atoms with Crippen molar-refractivity contribution in [3.05, 3.63) is 65.6 Å². The normalized spacial score (nSPS) is 13.5. The number of nitro benzene ring substituents is 1. The van der Waals surface area contributed by atoms with Gasteiger partial charge in [0.15, 0.2) is 0 Å². The maximum absolute atomic E-state index is 13.7. The molecule has 0 amide bonds. The molecule has 0 aliphatic carbocycles. The molecule has 0 spiro atoms.